The highest BCUT2D eigenvalue weighted by Gasteiger charge is 1.99. The van der Waals surface area contributed by atoms with E-state index < -0.39 is 5.91 Å². The molecule has 0 spiro atoms. The van der Waals surface area contributed by atoms with Gasteiger partial charge in [-0.3, -0.25) is 4.79 Å². The number of primary amides is 1. The Morgan fingerprint density at radius 3 is 2.92 bits per heavy atom. The van der Waals surface area contributed by atoms with E-state index in [1.54, 1.807) is 24.3 Å². The van der Waals surface area contributed by atoms with Crippen LogP contribution in [-0.2, 0) is 6.54 Å². The van der Waals surface area contributed by atoms with Crippen LogP contribution in [0, 0.1) is 0 Å². The minimum atomic E-state index is -0.463. The van der Waals surface area contributed by atoms with Crippen molar-refractivity contribution in [1.29, 1.82) is 0 Å². The third kappa shape index (κ3) is 2.05. The number of benzene rings is 1. The molecule has 1 rings (SSSR count). The molecule has 4 heteroatoms. The Morgan fingerprint density at radius 2 is 2.33 bits per heavy atom. The molecule has 12 heavy (non-hydrogen) atoms. The lowest BCUT2D eigenvalue weighted by Gasteiger charge is -2.00. The molecular formula is C8H10N2O2. The van der Waals surface area contributed by atoms with Gasteiger partial charge in [-0.15, -0.1) is 0 Å². The first-order chi connectivity index (χ1) is 5.74. The Kier molecular flexibility index (Phi) is 2.79. The van der Waals surface area contributed by atoms with Gasteiger partial charge in [0.2, 0.25) is 5.91 Å². The van der Waals surface area contributed by atoms with Crippen molar-refractivity contribution in [3.8, 4) is 0 Å². The highest BCUT2D eigenvalue weighted by atomic mass is 16.5. The predicted molar refractivity (Wildman–Crippen MR) is 43.6 cm³/mol. The largest absolute Gasteiger partial charge is 0.366 e. The van der Waals surface area contributed by atoms with Gasteiger partial charge in [0.15, 0.2) is 0 Å². The van der Waals surface area contributed by atoms with E-state index >= 15 is 0 Å². The Balaban J connectivity index is 2.88. The first-order valence-corrected chi connectivity index (χ1v) is 3.49. The number of nitrogens with two attached hydrogens (primary N) is 1. The predicted octanol–water partition coefficient (Wildman–Crippen LogP) is 0.264. The topological polar surface area (TPSA) is 75.4 Å². The van der Waals surface area contributed by atoms with Gasteiger partial charge in [0.05, 0.1) is 0 Å². The highest BCUT2D eigenvalue weighted by Crippen LogP contribution is 2.03. The summed E-state index contributed by atoms with van der Waals surface area (Å²) >= 11 is 0. The second-order valence-corrected chi connectivity index (χ2v) is 2.40. The third-order valence-electron chi connectivity index (χ3n) is 1.49. The van der Waals surface area contributed by atoms with Gasteiger partial charge < -0.3 is 10.9 Å². The quantitative estimate of drug-likeness (QED) is 0.564. The first-order valence-electron chi connectivity index (χ1n) is 3.49. The summed E-state index contributed by atoms with van der Waals surface area (Å²) in [5, 5.41) is 8.38. The van der Waals surface area contributed by atoms with Crippen LogP contribution in [0.2, 0.25) is 0 Å². The zero-order chi connectivity index (χ0) is 8.97. The van der Waals surface area contributed by atoms with Crippen LogP contribution in [0.1, 0.15) is 15.9 Å². The van der Waals surface area contributed by atoms with Crippen LogP contribution < -0.4 is 11.2 Å². The van der Waals surface area contributed by atoms with E-state index in [2.05, 4.69) is 0 Å². The molecule has 0 saturated heterocycles. The van der Waals surface area contributed by atoms with E-state index in [9.17, 15) is 4.79 Å². The number of carbonyl (C=O) groups is 1. The van der Waals surface area contributed by atoms with E-state index in [1.807, 2.05) is 5.48 Å². The molecule has 1 aromatic carbocycles. The molecule has 0 unspecified atom stereocenters. The molecular weight excluding hydrogens is 156 g/mol. The van der Waals surface area contributed by atoms with Gasteiger partial charge in [-0.1, -0.05) is 12.1 Å². The molecule has 0 aliphatic heterocycles. The maximum absolute atomic E-state index is 10.7. The first kappa shape index (κ1) is 8.70. The van der Waals surface area contributed by atoms with E-state index in [1.165, 1.54) is 0 Å². The van der Waals surface area contributed by atoms with Crippen molar-refractivity contribution in [3.63, 3.8) is 0 Å². The Labute approximate surface area is 70.0 Å². The van der Waals surface area contributed by atoms with Gasteiger partial charge in [-0.05, 0) is 17.7 Å². The van der Waals surface area contributed by atoms with Crippen molar-refractivity contribution in [1.82, 2.24) is 5.48 Å². The summed E-state index contributed by atoms with van der Waals surface area (Å²) in [5.41, 5.74) is 8.32. The summed E-state index contributed by atoms with van der Waals surface area (Å²) < 4.78 is 0. The average molecular weight is 166 g/mol. The van der Waals surface area contributed by atoms with Crippen LogP contribution in [0.25, 0.3) is 0 Å². The monoisotopic (exact) mass is 166 g/mol. The number of nitrogens with one attached hydrogen (secondary N) is 1. The number of hydroxylamine groups is 1. The number of hydrogen-bond acceptors (Lipinski definition) is 3. The smallest absolute Gasteiger partial charge is 0.248 e. The summed E-state index contributed by atoms with van der Waals surface area (Å²) in [6.07, 6.45) is 0. The van der Waals surface area contributed by atoms with Gasteiger partial charge in [0, 0.05) is 12.1 Å². The lowest BCUT2D eigenvalue weighted by molar-refractivity contribution is 0.1000. The fourth-order valence-electron chi connectivity index (χ4n) is 0.926. The van der Waals surface area contributed by atoms with Crippen molar-refractivity contribution in [2.75, 3.05) is 0 Å². The number of rotatable bonds is 3. The molecule has 1 aromatic rings. The maximum atomic E-state index is 10.7. The van der Waals surface area contributed by atoms with Gasteiger partial charge in [0.1, 0.15) is 0 Å². The highest BCUT2D eigenvalue weighted by molar-refractivity contribution is 5.92. The van der Waals surface area contributed by atoms with Crippen molar-refractivity contribution >= 4 is 5.91 Å². The van der Waals surface area contributed by atoms with Gasteiger partial charge in [-0.25, -0.2) is 5.48 Å². The van der Waals surface area contributed by atoms with Gasteiger partial charge in [0.25, 0.3) is 0 Å². The van der Waals surface area contributed by atoms with Crippen molar-refractivity contribution < 1.29 is 10.0 Å². The Morgan fingerprint density at radius 1 is 1.58 bits per heavy atom. The molecule has 0 bridgehead atoms. The van der Waals surface area contributed by atoms with E-state index in [-0.39, 0.29) is 0 Å². The van der Waals surface area contributed by atoms with Gasteiger partial charge in [-0.2, -0.15) is 0 Å². The maximum Gasteiger partial charge on any atom is 0.248 e. The Hall–Kier alpha value is -1.39. The number of hydrogen-bond donors (Lipinski definition) is 3. The second kappa shape index (κ2) is 3.85. The zero-order valence-corrected chi connectivity index (χ0v) is 6.45. The molecule has 0 saturated carbocycles. The van der Waals surface area contributed by atoms with Crippen LogP contribution in [0.15, 0.2) is 24.3 Å². The molecule has 0 aromatic heterocycles. The molecule has 1 amide bonds. The average Bonchev–Trinajstić information content (AvgIpc) is 2.05. The molecule has 0 radical (unpaired) electrons. The fourth-order valence-corrected chi connectivity index (χ4v) is 0.926. The molecule has 0 atom stereocenters. The molecule has 0 heterocycles. The van der Waals surface area contributed by atoms with E-state index in [4.69, 9.17) is 10.9 Å². The fraction of sp³-hybridized carbons (Fsp3) is 0.125. The Bertz CT molecular complexity index is 286. The molecule has 64 valence electrons. The molecule has 0 aliphatic carbocycles. The molecule has 4 N–H and O–H groups in total. The summed E-state index contributed by atoms with van der Waals surface area (Å²) in [4.78, 5) is 10.7. The summed E-state index contributed by atoms with van der Waals surface area (Å²) in [6, 6.07) is 6.76. The lowest BCUT2D eigenvalue weighted by Crippen LogP contribution is -2.12. The summed E-state index contributed by atoms with van der Waals surface area (Å²) in [6.45, 7) is 0.307. The standard InChI is InChI=1S/C8H10N2O2/c9-8(11)7-3-1-2-6(4-7)5-10-12/h1-4,10,12H,5H2,(H2,9,11). The SMILES string of the molecule is NC(=O)c1cccc(CNO)c1. The van der Waals surface area contributed by atoms with E-state index in [0.29, 0.717) is 12.1 Å². The van der Waals surface area contributed by atoms with Crippen LogP contribution in [0.5, 0.6) is 0 Å². The lowest BCUT2D eigenvalue weighted by atomic mass is 10.1. The van der Waals surface area contributed by atoms with Crippen molar-refractivity contribution in [2.24, 2.45) is 5.73 Å². The van der Waals surface area contributed by atoms with Crippen LogP contribution >= 0.6 is 0 Å². The van der Waals surface area contributed by atoms with Gasteiger partial charge >= 0.3 is 0 Å². The van der Waals surface area contributed by atoms with Crippen LogP contribution in [0.3, 0.4) is 0 Å². The van der Waals surface area contributed by atoms with Crippen LogP contribution in [0.4, 0.5) is 0 Å². The zero-order valence-electron chi connectivity index (χ0n) is 6.45. The second-order valence-electron chi connectivity index (χ2n) is 2.40. The van der Waals surface area contributed by atoms with E-state index in [0.717, 1.165) is 5.56 Å². The summed E-state index contributed by atoms with van der Waals surface area (Å²) in [5.74, 6) is -0.463. The number of carbonyl (C=O) groups excluding carboxylic acids is 1. The van der Waals surface area contributed by atoms with Crippen molar-refractivity contribution in [3.05, 3.63) is 35.4 Å². The molecule has 0 aliphatic rings. The minimum absolute atomic E-state index is 0.307. The van der Waals surface area contributed by atoms with Crippen LogP contribution in [-0.4, -0.2) is 11.1 Å². The third-order valence-corrected chi connectivity index (χ3v) is 1.49. The molecule has 4 nitrogen and oxygen atoms in total. The molecule has 0 fully saturated rings. The summed E-state index contributed by atoms with van der Waals surface area (Å²) in [7, 11) is 0. The minimum Gasteiger partial charge on any atom is -0.366 e. The number of amides is 1. The van der Waals surface area contributed by atoms with Crippen molar-refractivity contribution in [2.45, 2.75) is 6.54 Å². The normalized spacial score (nSPS) is 9.75.